The van der Waals surface area contributed by atoms with Gasteiger partial charge >= 0.3 is 0 Å². The molecule has 0 unspecified atom stereocenters. The highest BCUT2D eigenvalue weighted by Crippen LogP contribution is 2.27. The SMILES string of the molecule is CCSc1cccc(-n2ccnc2)c1/C(N)=N/O. The van der Waals surface area contributed by atoms with Gasteiger partial charge in [-0.1, -0.05) is 18.1 Å². The van der Waals surface area contributed by atoms with Gasteiger partial charge in [-0.2, -0.15) is 0 Å². The third kappa shape index (κ3) is 2.33. The molecule has 0 radical (unpaired) electrons. The van der Waals surface area contributed by atoms with Crippen LogP contribution in [0.4, 0.5) is 0 Å². The minimum Gasteiger partial charge on any atom is -0.409 e. The predicted molar refractivity (Wildman–Crippen MR) is 72.5 cm³/mol. The maximum atomic E-state index is 8.93. The number of hydrogen-bond donors (Lipinski definition) is 2. The number of thioether (sulfide) groups is 1. The van der Waals surface area contributed by atoms with E-state index in [1.54, 1.807) is 24.3 Å². The molecule has 0 saturated heterocycles. The van der Waals surface area contributed by atoms with Crippen molar-refractivity contribution >= 4 is 17.6 Å². The van der Waals surface area contributed by atoms with Crippen molar-refractivity contribution in [3.05, 3.63) is 42.5 Å². The van der Waals surface area contributed by atoms with Crippen LogP contribution in [-0.4, -0.2) is 26.3 Å². The zero-order valence-corrected chi connectivity index (χ0v) is 10.8. The number of rotatable bonds is 4. The van der Waals surface area contributed by atoms with Gasteiger partial charge in [0.1, 0.15) is 0 Å². The third-order valence-corrected chi connectivity index (χ3v) is 3.39. The van der Waals surface area contributed by atoms with E-state index in [1.165, 1.54) is 0 Å². The average molecular weight is 262 g/mol. The molecule has 0 bridgehead atoms. The molecule has 0 aliphatic rings. The van der Waals surface area contributed by atoms with Crippen LogP contribution in [0.3, 0.4) is 0 Å². The summed E-state index contributed by atoms with van der Waals surface area (Å²) in [6.45, 7) is 2.06. The predicted octanol–water partition coefficient (Wildman–Crippen LogP) is 2.08. The molecule has 2 aromatic rings. The smallest absolute Gasteiger partial charge is 0.173 e. The van der Waals surface area contributed by atoms with E-state index >= 15 is 0 Å². The molecule has 5 nitrogen and oxygen atoms in total. The van der Waals surface area contributed by atoms with E-state index in [4.69, 9.17) is 10.9 Å². The third-order valence-electron chi connectivity index (χ3n) is 2.45. The summed E-state index contributed by atoms with van der Waals surface area (Å²) < 4.78 is 1.84. The molecule has 1 aromatic heterocycles. The summed E-state index contributed by atoms with van der Waals surface area (Å²) >= 11 is 1.65. The Labute approximate surface area is 109 Å². The van der Waals surface area contributed by atoms with Gasteiger partial charge in [0.15, 0.2) is 5.84 Å². The molecular weight excluding hydrogens is 248 g/mol. The number of imidazole rings is 1. The number of amidine groups is 1. The standard InChI is InChI=1S/C12H14N4OS/c1-2-18-10-5-3-4-9(11(10)12(13)15-17)16-7-6-14-8-16/h3-8,17H,2H2,1H3,(H2,13,15). The van der Waals surface area contributed by atoms with Crippen LogP contribution in [0.25, 0.3) is 5.69 Å². The number of oxime groups is 1. The summed E-state index contributed by atoms with van der Waals surface area (Å²) in [5.74, 6) is 1.02. The first kappa shape index (κ1) is 12.5. The highest BCUT2D eigenvalue weighted by atomic mass is 32.2. The molecule has 1 aromatic carbocycles. The number of nitrogens with zero attached hydrogens (tertiary/aromatic N) is 3. The van der Waals surface area contributed by atoms with E-state index in [9.17, 15) is 0 Å². The van der Waals surface area contributed by atoms with E-state index in [-0.39, 0.29) is 5.84 Å². The molecule has 2 rings (SSSR count). The maximum absolute atomic E-state index is 8.93. The van der Waals surface area contributed by atoms with E-state index < -0.39 is 0 Å². The van der Waals surface area contributed by atoms with E-state index in [1.807, 2.05) is 29.0 Å². The van der Waals surface area contributed by atoms with Crippen molar-refractivity contribution in [1.82, 2.24) is 9.55 Å². The van der Waals surface area contributed by atoms with Crippen LogP contribution < -0.4 is 5.73 Å². The molecular formula is C12H14N4OS. The Morgan fingerprint density at radius 3 is 3.00 bits per heavy atom. The van der Waals surface area contributed by atoms with Gasteiger partial charge in [-0.05, 0) is 17.9 Å². The van der Waals surface area contributed by atoms with Crippen LogP contribution in [0.15, 0.2) is 47.0 Å². The van der Waals surface area contributed by atoms with Crippen LogP contribution in [-0.2, 0) is 0 Å². The largest absolute Gasteiger partial charge is 0.409 e. The van der Waals surface area contributed by atoms with Gasteiger partial charge in [0.05, 0.1) is 17.6 Å². The Hall–Kier alpha value is -1.95. The van der Waals surface area contributed by atoms with Crippen LogP contribution >= 0.6 is 11.8 Å². The van der Waals surface area contributed by atoms with Crippen molar-refractivity contribution < 1.29 is 5.21 Å². The fraction of sp³-hybridized carbons (Fsp3) is 0.167. The molecule has 0 amide bonds. The lowest BCUT2D eigenvalue weighted by atomic mass is 10.1. The van der Waals surface area contributed by atoms with Crippen LogP contribution in [0.1, 0.15) is 12.5 Å². The minimum atomic E-state index is 0.107. The molecule has 0 atom stereocenters. The van der Waals surface area contributed by atoms with Crippen LogP contribution in [0.2, 0.25) is 0 Å². The Balaban J connectivity index is 2.62. The first-order valence-corrected chi connectivity index (χ1v) is 6.48. The molecule has 1 heterocycles. The lowest BCUT2D eigenvalue weighted by molar-refractivity contribution is 0.318. The molecule has 3 N–H and O–H groups in total. The molecule has 18 heavy (non-hydrogen) atoms. The molecule has 0 fully saturated rings. The fourth-order valence-electron chi connectivity index (χ4n) is 1.72. The van der Waals surface area contributed by atoms with E-state index in [2.05, 4.69) is 17.1 Å². The van der Waals surface area contributed by atoms with Gasteiger partial charge in [-0.3, -0.25) is 0 Å². The lowest BCUT2D eigenvalue weighted by Crippen LogP contribution is -2.17. The highest BCUT2D eigenvalue weighted by Gasteiger charge is 2.13. The van der Waals surface area contributed by atoms with Crippen molar-refractivity contribution in [3.8, 4) is 5.69 Å². The van der Waals surface area contributed by atoms with Gasteiger partial charge < -0.3 is 15.5 Å². The summed E-state index contributed by atoms with van der Waals surface area (Å²) in [6.07, 6.45) is 5.20. The van der Waals surface area contributed by atoms with Gasteiger partial charge in [-0.15, -0.1) is 11.8 Å². The maximum Gasteiger partial charge on any atom is 0.173 e. The van der Waals surface area contributed by atoms with Crippen molar-refractivity contribution in [2.24, 2.45) is 10.9 Å². The van der Waals surface area contributed by atoms with Gasteiger partial charge in [0.25, 0.3) is 0 Å². The average Bonchev–Trinajstić information content (AvgIpc) is 2.92. The van der Waals surface area contributed by atoms with Crippen molar-refractivity contribution in [1.29, 1.82) is 0 Å². The second kappa shape index (κ2) is 5.59. The first-order valence-electron chi connectivity index (χ1n) is 5.50. The Morgan fingerprint density at radius 2 is 2.39 bits per heavy atom. The Bertz CT molecular complexity index is 551. The minimum absolute atomic E-state index is 0.107. The molecule has 0 spiro atoms. The van der Waals surface area contributed by atoms with Crippen molar-refractivity contribution in [3.63, 3.8) is 0 Å². The summed E-state index contributed by atoms with van der Waals surface area (Å²) in [6, 6.07) is 5.82. The summed E-state index contributed by atoms with van der Waals surface area (Å²) in [4.78, 5) is 5.00. The van der Waals surface area contributed by atoms with E-state index in [0.29, 0.717) is 0 Å². The number of nitrogens with two attached hydrogens (primary N) is 1. The first-order chi connectivity index (χ1) is 8.77. The van der Waals surface area contributed by atoms with Gasteiger partial charge in [0.2, 0.25) is 0 Å². The normalized spacial score (nSPS) is 11.7. The van der Waals surface area contributed by atoms with Gasteiger partial charge in [0, 0.05) is 17.3 Å². The monoisotopic (exact) mass is 262 g/mol. The Morgan fingerprint density at radius 1 is 1.56 bits per heavy atom. The second-order valence-electron chi connectivity index (χ2n) is 3.54. The number of aromatic nitrogens is 2. The molecule has 0 saturated carbocycles. The molecule has 6 heteroatoms. The molecule has 94 valence electrons. The quantitative estimate of drug-likeness (QED) is 0.291. The summed E-state index contributed by atoms with van der Waals surface area (Å²) in [5, 5.41) is 12.1. The number of benzene rings is 1. The molecule has 0 aliphatic heterocycles. The molecule has 0 aliphatic carbocycles. The van der Waals surface area contributed by atoms with E-state index in [0.717, 1.165) is 21.9 Å². The van der Waals surface area contributed by atoms with Crippen LogP contribution in [0.5, 0.6) is 0 Å². The topological polar surface area (TPSA) is 76.4 Å². The van der Waals surface area contributed by atoms with Crippen molar-refractivity contribution in [2.75, 3.05) is 5.75 Å². The fourth-order valence-corrected chi connectivity index (χ4v) is 2.56. The lowest BCUT2D eigenvalue weighted by Gasteiger charge is -2.13. The zero-order valence-electron chi connectivity index (χ0n) is 9.95. The second-order valence-corrected chi connectivity index (χ2v) is 4.84. The van der Waals surface area contributed by atoms with Crippen molar-refractivity contribution in [2.45, 2.75) is 11.8 Å². The summed E-state index contributed by atoms with van der Waals surface area (Å²) in [7, 11) is 0. The summed E-state index contributed by atoms with van der Waals surface area (Å²) in [5.41, 5.74) is 7.36. The zero-order chi connectivity index (χ0) is 13.0. The number of hydrogen-bond acceptors (Lipinski definition) is 4. The Kier molecular flexibility index (Phi) is 3.88. The van der Waals surface area contributed by atoms with Gasteiger partial charge in [-0.25, -0.2) is 4.98 Å². The van der Waals surface area contributed by atoms with Crippen LogP contribution in [0, 0.1) is 0 Å². The highest BCUT2D eigenvalue weighted by molar-refractivity contribution is 7.99.